The Hall–Kier alpha value is -1.05. The quantitative estimate of drug-likeness (QED) is 0.534. The molecule has 1 aliphatic carbocycles. The van der Waals surface area contributed by atoms with Crippen LogP contribution in [0.25, 0.3) is 0 Å². The van der Waals surface area contributed by atoms with Gasteiger partial charge < -0.3 is 5.32 Å². The number of nitrogens with zero attached hydrogens (tertiary/aromatic N) is 1. The Bertz CT molecular complexity index is 217. The second-order valence-electron chi connectivity index (χ2n) is 2.59. The monoisotopic (exact) mass is 134 g/mol. The molecule has 2 heteroatoms. The molecule has 0 aromatic rings. The van der Waals surface area contributed by atoms with Crippen LogP contribution in [0.2, 0.25) is 0 Å². The first-order chi connectivity index (χ1) is 4.97. The summed E-state index contributed by atoms with van der Waals surface area (Å²) in [6.07, 6.45) is 9.45. The Morgan fingerprint density at radius 3 is 2.80 bits per heavy atom. The number of nitrogens with one attached hydrogen (secondary N) is 1. The first kappa shape index (κ1) is 5.71. The highest BCUT2D eigenvalue weighted by Gasteiger charge is 2.13. The summed E-state index contributed by atoms with van der Waals surface area (Å²) in [6, 6.07) is 0. The molecule has 52 valence electrons. The summed E-state index contributed by atoms with van der Waals surface area (Å²) in [5.41, 5.74) is 1.47. The van der Waals surface area contributed by atoms with Crippen LogP contribution in [-0.2, 0) is 0 Å². The van der Waals surface area contributed by atoms with Gasteiger partial charge in [-0.3, -0.25) is 0 Å². The van der Waals surface area contributed by atoms with E-state index < -0.39 is 0 Å². The van der Waals surface area contributed by atoms with Crippen LogP contribution in [0.15, 0.2) is 28.7 Å². The van der Waals surface area contributed by atoms with Gasteiger partial charge in [0.1, 0.15) is 5.82 Å². The third-order valence-electron chi connectivity index (χ3n) is 1.90. The van der Waals surface area contributed by atoms with Crippen LogP contribution < -0.4 is 5.32 Å². The van der Waals surface area contributed by atoms with Gasteiger partial charge in [0.25, 0.3) is 0 Å². The zero-order valence-electron chi connectivity index (χ0n) is 5.80. The molecule has 2 aliphatic rings. The fourth-order valence-corrected chi connectivity index (χ4v) is 1.11. The van der Waals surface area contributed by atoms with E-state index in [0.29, 0.717) is 0 Å². The van der Waals surface area contributed by atoms with Gasteiger partial charge in [0.2, 0.25) is 0 Å². The van der Waals surface area contributed by atoms with E-state index in [2.05, 4.69) is 10.3 Å². The molecule has 0 amide bonds. The predicted molar refractivity (Wildman–Crippen MR) is 41.6 cm³/mol. The molecular formula is C8H10N2. The lowest BCUT2D eigenvalue weighted by molar-refractivity contribution is 0.638. The van der Waals surface area contributed by atoms with Gasteiger partial charge in [0.15, 0.2) is 0 Å². The molecule has 2 rings (SSSR count). The minimum Gasteiger partial charge on any atom is -0.347 e. The second-order valence-corrected chi connectivity index (χ2v) is 2.59. The lowest BCUT2D eigenvalue weighted by Gasteiger charge is -2.19. The second kappa shape index (κ2) is 2.29. The third kappa shape index (κ3) is 0.856. The maximum atomic E-state index is 4.21. The molecule has 0 bridgehead atoms. The minimum absolute atomic E-state index is 1.08. The predicted octanol–water partition coefficient (Wildman–Crippen LogP) is 1.57. The van der Waals surface area contributed by atoms with Gasteiger partial charge in [-0.25, -0.2) is 4.99 Å². The van der Waals surface area contributed by atoms with Crippen LogP contribution >= 0.6 is 0 Å². The van der Waals surface area contributed by atoms with Gasteiger partial charge in [0, 0.05) is 12.4 Å². The standard InChI is InChI=1S/C8H10N2/c1-3-7(4-1)8-9-5-2-6-10-8/h2,5-6,9H,1,3-4H2. The van der Waals surface area contributed by atoms with Crippen LogP contribution in [0, 0.1) is 0 Å². The summed E-state index contributed by atoms with van der Waals surface area (Å²) in [5.74, 6) is 1.08. The first-order valence-electron chi connectivity index (χ1n) is 3.64. The van der Waals surface area contributed by atoms with Crippen molar-refractivity contribution in [2.75, 3.05) is 0 Å². The number of aliphatic imine (C=N–C) groups is 1. The SMILES string of the molecule is C1=CNC(=C2CCC2)N=C1. The van der Waals surface area contributed by atoms with E-state index >= 15 is 0 Å². The average Bonchev–Trinajstić information content (AvgIpc) is 1.86. The van der Waals surface area contributed by atoms with Gasteiger partial charge >= 0.3 is 0 Å². The summed E-state index contributed by atoms with van der Waals surface area (Å²) in [7, 11) is 0. The van der Waals surface area contributed by atoms with Crippen molar-refractivity contribution in [2.45, 2.75) is 19.3 Å². The smallest absolute Gasteiger partial charge is 0.128 e. The van der Waals surface area contributed by atoms with Gasteiger partial charge in [0.05, 0.1) is 0 Å². The highest BCUT2D eigenvalue weighted by atomic mass is 15.0. The summed E-state index contributed by atoms with van der Waals surface area (Å²) in [6.45, 7) is 0. The van der Waals surface area contributed by atoms with Crippen molar-refractivity contribution in [2.24, 2.45) is 4.99 Å². The van der Waals surface area contributed by atoms with Crippen molar-refractivity contribution < 1.29 is 0 Å². The largest absolute Gasteiger partial charge is 0.347 e. The molecule has 1 aliphatic heterocycles. The van der Waals surface area contributed by atoms with Gasteiger partial charge in [-0.15, -0.1) is 0 Å². The lowest BCUT2D eigenvalue weighted by Crippen LogP contribution is -2.13. The number of hydrogen-bond acceptors (Lipinski definition) is 2. The molecule has 0 aromatic heterocycles. The van der Waals surface area contributed by atoms with E-state index in [1.165, 1.54) is 24.8 Å². The Morgan fingerprint density at radius 1 is 1.40 bits per heavy atom. The minimum atomic E-state index is 1.08. The fraction of sp³-hybridized carbons (Fsp3) is 0.375. The molecule has 1 N–H and O–H groups in total. The molecule has 0 saturated heterocycles. The normalized spacial score (nSPS) is 22.4. The number of rotatable bonds is 0. The number of allylic oxidation sites excluding steroid dienone is 2. The van der Waals surface area contributed by atoms with Crippen LogP contribution in [-0.4, -0.2) is 6.21 Å². The van der Waals surface area contributed by atoms with Crippen molar-refractivity contribution in [3.8, 4) is 0 Å². The third-order valence-corrected chi connectivity index (χ3v) is 1.90. The van der Waals surface area contributed by atoms with Gasteiger partial charge in [-0.05, 0) is 30.9 Å². The van der Waals surface area contributed by atoms with E-state index in [0.717, 1.165) is 5.82 Å². The Labute approximate surface area is 60.3 Å². The summed E-state index contributed by atoms with van der Waals surface area (Å²) in [4.78, 5) is 4.21. The Balaban J connectivity index is 2.18. The molecule has 1 saturated carbocycles. The highest BCUT2D eigenvalue weighted by molar-refractivity contribution is 5.73. The van der Waals surface area contributed by atoms with E-state index in [9.17, 15) is 0 Å². The molecule has 0 spiro atoms. The molecule has 1 heterocycles. The van der Waals surface area contributed by atoms with Crippen molar-refractivity contribution in [1.82, 2.24) is 5.32 Å². The van der Waals surface area contributed by atoms with Crippen LogP contribution in [0.3, 0.4) is 0 Å². The zero-order valence-corrected chi connectivity index (χ0v) is 5.80. The molecule has 0 aromatic carbocycles. The molecular weight excluding hydrogens is 124 g/mol. The lowest BCUT2D eigenvalue weighted by atomic mass is 9.92. The van der Waals surface area contributed by atoms with Crippen LogP contribution in [0.5, 0.6) is 0 Å². The highest BCUT2D eigenvalue weighted by Crippen LogP contribution is 2.28. The van der Waals surface area contributed by atoms with E-state index in [1.54, 1.807) is 0 Å². The molecule has 0 atom stereocenters. The number of hydrogen-bond donors (Lipinski definition) is 1. The van der Waals surface area contributed by atoms with E-state index in [1.807, 2.05) is 18.5 Å². The van der Waals surface area contributed by atoms with Crippen molar-refractivity contribution in [3.63, 3.8) is 0 Å². The summed E-state index contributed by atoms with van der Waals surface area (Å²) < 4.78 is 0. The van der Waals surface area contributed by atoms with Crippen molar-refractivity contribution >= 4 is 6.21 Å². The Morgan fingerprint density at radius 2 is 2.30 bits per heavy atom. The molecule has 2 nitrogen and oxygen atoms in total. The average molecular weight is 134 g/mol. The fourth-order valence-electron chi connectivity index (χ4n) is 1.11. The van der Waals surface area contributed by atoms with Crippen molar-refractivity contribution in [3.05, 3.63) is 23.7 Å². The topological polar surface area (TPSA) is 24.4 Å². The van der Waals surface area contributed by atoms with Gasteiger partial charge in [-0.2, -0.15) is 0 Å². The maximum Gasteiger partial charge on any atom is 0.128 e. The first-order valence-corrected chi connectivity index (χ1v) is 3.64. The summed E-state index contributed by atoms with van der Waals surface area (Å²) >= 11 is 0. The van der Waals surface area contributed by atoms with Gasteiger partial charge in [-0.1, -0.05) is 0 Å². The molecule has 0 unspecified atom stereocenters. The molecule has 1 fully saturated rings. The maximum absolute atomic E-state index is 4.21. The molecule has 10 heavy (non-hydrogen) atoms. The van der Waals surface area contributed by atoms with E-state index in [-0.39, 0.29) is 0 Å². The van der Waals surface area contributed by atoms with Crippen LogP contribution in [0.4, 0.5) is 0 Å². The summed E-state index contributed by atoms with van der Waals surface area (Å²) in [5, 5.41) is 3.12. The zero-order chi connectivity index (χ0) is 6.81. The van der Waals surface area contributed by atoms with Crippen molar-refractivity contribution in [1.29, 1.82) is 0 Å². The van der Waals surface area contributed by atoms with Crippen LogP contribution in [0.1, 0.15) is 19.3 Å². The molecule has 0 radical (unpaired) electrons. The van der Waals surface area contributed by atoms with E-state index in [4.69, 9.17) is 0 Å². The Kier molecular flexibility index (Phi) is 1.31.